The highest BCUT2D eigenvalue weighted by atomic mass is 16.5. The molecule has 4 rings (SSSR count). The number of pyridine rings is 1. The van der Waals surface area contributed by atoms with Crippen LogP contribution in [0.5, 0.6) is 0 Å². The Kier molecular flexibility index (Phi) is 2.99. The molecule has 0 aliphatic carbocycles. The minimum Gasteiger partial charge on any atom is -0.339 e. The summed E-state index contributed by atoms with van der Waals surface area (Å²) >= 11 is 0. The van der Waals surface area contributed by atoms with Gasteiger partial charge in [0.2, 0.25) is 11.7 Å². The summed E-state index contributed by atoms with van der Waals surface area (Å²) in [5.41, 5.74) is 0.771. The molecule has 2 aliphatic rings. The summed E-state index contributed by atoms with van der Waals surface area (Å²) in [5.74, 6) is 2.01. The smallest absolute Gasteiger partial charge is 0.227 e. The largest absolute Gasteiger partial charge is 0.339 e. The first-order valence-electron chi connectivity index (χ1n) is 7.37. The zero-order chi connectivity index (χ0) is 13.4. The number of rotatable bonds is 3. The monoisotopic (exact) mass is 270 g/mol. The van der Waals surface area contributed by atoms with Gasteiger partial charge >= 0.3 is 0 Å². The fourth-order valence-electron chi connectivity index (χ4n) is 3.53. The molecule has 2 bridgehead atoms. The molecule has 0 amide bonds. The molecule has 0 spiro atoms. The molecule has 0 saturated carbocycles. The summed E-state index contributed by atoms with van der Waals surface area (Å²) in [6, 6.07) is 7.13. The Hall–Kier alpha value is -1.75. The van der Waals surface area contributed by atoms with Gasteiger partial charge in [-0.2, -0.15) is 4.98 Å². The van der Waals surface area contributed by atoms with E-state index in [4.69, 9.17) is 4.52 Å². The molecule has 2 aliphatic heterocycles. The van der Waals surface area contributed by atoms with Gasteiger partial charge in [0.1, 0.15) is 5.69 Å². The molecule has 0 aromatic carbocycles. The minimum atomic E-state index is 0.595. The van der Waals surface area contributed by atoms with E-state index in [0.717, 1.165) is 18.0 Å². The second-order valence-electron chi connectivity index (χ2n) is 5.91. The molecule has 5 nitrogen and oxygen atoms in total. The molecule has 2 aromatic rings. The first-order valence-corrected chi connectivity index (χ1v) is 7.37. The van der Waals surface area contributed by atoms with Gasteiger partial charge in [-0.15, -0.1) is 0 Å². The summed E-state index contributed by atoms with van der Waals surface area (Å²) in [6.45, 7) is 0. The third-order valence-corrected chi connectivity index (χ3v) is 4.40. The summed E-state index contributed by atoms with van der Waals surface area (Å²) in [4.78, 5) is 8.73. The van der Waals surface area contributed by atoms with Crippen molar-refractivity contribution in [2.45, 2.75) is 44.2 Å². The predicted octanol–water partition coefficient (Wildman–Crippen LogP) is 2.20. The molecule has 2 saturated heterocycles. The van der Waals surface area contributed by atoms with Crippen molar-refractivity contribution in [3.8, 4) is 11.5 Å². The van der Waals surface area contributed by atoms with Crippen LogP contribution in [0, 0.1) is 5.92 Å². The van der Waals surface area contributed by atoms with E-state index < -0.39 is 0 Å². The van der Waals surface area contributed by atoms with Crippen LogP contribution in [0.3, 0.4) is 0 Å². The van der Waals surface area contributed by atoms with Gasteiger partial charge in [0.15, 0.2) is 0 Å². The summed E-state index contributed by atoms with van der Waals surface area (Å²) in [6.07, 6.45) is 7.76. The maximum Gasteiger partial charge on any atom is 0.227 e. The first kappa shape index (κ1) is 12.0. The Bertz CT molecular complexity index is 571. The van der Waals surface area contributed by atoms with E-state index in [9.17, 15) is 0 Å². The lowest BCUT2D eigenvalue weighted by Crippen LogP contribution is -2.38. The second-order valence-corrected chi connectivity index (χ2v) is 5.91. The van der Waals surface area contributed by atoms with Crippen LogP contribution in [-0.4, -0.2) is 27.2 Å². The van der Waals surface area contributed by atoms with Crippen LogP contribution < -0.4 is 5.32 Å². The third kappa shape index (κ3) is 2.33. The van der Waals surface area contributed by atoms with Crippen molar-refractivity contribution in [2.75, 3.05) is 0 Å². The highest BCUT2D eigenvalue weighted by molar-refractivity contribution is 5.46. The number of hydrogen-bond donors (Lipinski definition) is 1. The molecule has 0 radical (unpaired) electrons. The SMILES string of the molecule is c1ccc(-c2noc(CC3CC4CCC(C3)N4)n2)nc1. The molecule has 5 heteroatoms. The number of nitrogens with zero attached hydrogens (tertiary/aromatic N) is 3. The van der Waals surface area contributed by atoms with Gasteiger partial charge in [0, 0.05) is 24.7 Å². The minimum absolute atomic E-state index is 0.595. The average Bonchev–Trinajstić information content (AvgIpc) is 3.07. The Morgan fingerprint density at radius 2 is 2.05 bits per heavy atom. The molecule has 2 aromatic heterocycles. The standard InChI is InChI=1S/C15H18N4O/c1-2-6-16-13(3-1)15-18-14(20-19-15)9-10-7-11-4-5-12(8-10)17-11/h1-3,6,10-12,17H,4-5,7-9H2. The second kappa shape index (κ2) is 4.98. The number of piperidine rings is 1. The fourth-order valence-corrected chi connectivity index (χ4v) is 3.53. The summed E-state index contributed by atoms with van der Waals surface area (Å²) in [5, 5.41) is 7.70. The van der Waals surface area contributed by atoms with Gasteiger partial charge in [-0.25, -0.2) is 0 Å². The molecule has 2 atom stereocenters. The Morgan fingerprint density at radius 3 is 2.80 bits per heavy atom. The molecule has 2 unspecified atom stereocenters. The predicted molar refractivity (Wildman–Crippen MR) is 73.9 cm³/mol. The first-order chi connectivity index (χ1) is 9.87. The van der Waals surface area contributed by atoms with Crippen LogP contribution in [0.1, 0.15) is 31.6 Å². The fraction of sp³-hybridized carbons (Fsp3) is 0.533. The highest BCUT2D eigenvalue weighted by Gasteiger charge is 2.34. The van der Waals surface area contributed by atoms with Crippen LogP contribution >= 0.6 is 0 Å². The summed E-state index contributed by atoms with van der Waals surface area (Å²) < 4.78 is 5.39. The van der Waals surface area contributed by atoms with Gasteiger partial charge in [-0.1, -0.05) is 11.2 Å². The van der Waals surface area contributed by atoms with Crippen molar-refractivity contribution >= 4 is 0 Å². The zero-order valence-electron chi connectivity index (χ0n) is 11.3. The summed E-state index contributed by atoms with van der Waals surface area (Å²) in [7, 11) is 0. The van der Waals surface area contributed by atoms with Crippen molar-refractivity contribution in [1.29, 1.82) is 0 Å². The lowest BCUT2D eigenvalue weighted by atomic mass is 9.90. The Balaban J connectivity index is 1.46. The molecule has 4 heterocycles. The van der Waals surface area contributed by atoms with E-state index >= 15 is 0 Å². The molecular weight excluding hydrogens is 252 g/mol. The van der Waals surface area contributed by atoms with E-state index in [1.807, 2.05) is 18.2 Å². The lowest BCUT2D eigenvalue weighted by molar-refractivity contribution is 0.270. The van der Waals surface area contributed by atoms with Crippen LogP contribution in [-0.2, 0) is 6.42 Å². The highest BCUT2D eigenvalue weighted by Crippen LogP contribution is 2.32. The van der Waals surface area contributed by atoms with Crippen LogP contribution in [0.2, 0.25) is 0 Å². The van der Waals surface area contributed by atoms with Gasteiger partial charge in [0.25, 0.3) is 0 Å². The molecule has 104 valence electrons. The van der Waals surface area contributed by atoms with E-state index in [-0.39, 0.29) is 0 Å². The van der Waals surface area contributed by atoms with Crippen LogP contribution in [0.25, 0.3) is 11.5 Å². The molecule has 1 N–H and O–H groups in total. The van der Waals surface area contributed by atoms with Crippen LogP contribution in [0.4, 0.5) is 0 Å². The van der Waals surface area contributed by atoms with Gasteiger partial charge < -0.3 is 9.84 Å². The third-order valence-electron chi connectivity index (χ3n) is 4.40. The van der Waals surface area contributed by atoms with E-state index in [1.54, 1.807) is 6.20 Å². The number of nitrogens with one attached hydrogen (secondary N) is 1. The molecule has 20 heavy (non-hydrogen) atoms. The number of fused-ring (bicyclic) bond motifs is 2. The maximum absolute atomic E-state index is 5.39. The molecular formula is C15H18N4O. The zero-order valence-corrected chi connectivity index (χ0v) is 11.3. The number of hydrogen-bond acceptors (Lipinski definition) is 5. The quantitative estimate of drug-likeness (QED) is 0.926. The lowest BCUT2D eigenvalue weighted by Gasteiger charge is -2.27. The topological polar surface area (TPSA) is 63.8 Å². The Morgan fingerprint density at radius 1 is 1.20 bits per heavy atom. The molecule has 2 fully saturated rings. The van der Waals surface area contributed by atoms with Gasteiger partial charge in [-0.05, 0) is 43.7 Å². The van der Waals surface area contributed by atoms with Crippen LogP contribution in [0.15, 0.2) is 28.9 Å². The van der Waals surface area contributed by atoms with Gasteiger partial charge in [0.05, 0.1) is 0 Å². The van der Waals surface area contributed by atoms with Crippen molar-refractivity contribution in [2.24, 2.45) is 5.92 Å². The Labute approximate surface area is 117 Å². The average molecular weight is 270 g/mol. The van der Waals surface area contributed by atoms with Crippen molar-refractivity contribution in [3.05, 3.63) is 30.3 Å². The van der Waals surface area contributed by atoms with Gasteiger partial charge in [-0.3, -0.25) is 4.98 Å². The van der Waals surface area contributed by atoms with E-state index in [1.165, 1.54) is 25.7 Å². The van der Waals surface area contributed by atoms with E-state index in [0.29, 0.717) is 23.8 Å². The van der Waals surface area contributed by atoms with Crippen molar-refractivity contribution < 1.29 is 4.52 Å². The van der Waals surface area contributed by atoms with Crippen molar-refractivity contribution in [1.82, 2.24) is 20.4 Å². The van der Waals surface area contributed by atoms with E-state index in [2.05, 4.69) is 20.4 Å². The number of aromatic nitrogens is 3. The maximum atomic E-state index is 5.39. The van der Waals surface area contributed by atoms with Crippen molar-refractivity contribution in [3.63, 3.8) is 0 Å². The normalized spacial score (nSPS) is 28.7.